The van der Waals surface area contributed by atoms with Gasteiger partial charge in [0.1, 0.15) is 11.3 Å². The molecule has 2 aromatic carbocycles. The fraction of sp³-hybridized carbons (Fsp3) is 0.176. The average molecular weight is 299 g/mol. The number of hydrogen-bond donors (Lipinski definition) is 1. The second-order valence-corrected chi connectivity index (χ2v) is 4.64. The topological polar surface area (TPSA) is 64.6 Å². The minimum Gasteiger partial charge on any atom is -0.496 e. The van der Waals surface area contributed by atoms with Crippen LogP contribution in [-0.2, 0) is 9.53 Å². The number of amides is 1. The molecule has 0 saturated carbocycles. The van der Waals surface area contributed by atoms with Crippen LogP contribution >= 0.6 is 0 Å². The number of esters is 1. The third-order valence-corrected chi connectivity index (χ3v) is 3.14. The maximum absolute atomic E-state index is 11.9. The van der Waals surface area contributed by atoms with Crippen LogP contribution < -0.4 is 10.1 Å². The van der Waals surface area contributed by atoms with Gasteiger partial charge in [-0.15, -0.1) is 0 Å². The van der Waals surface area contributed by atoms with Crippen LogP contribution in [0.5, 0.6) is 5.75 Å². The zero-order valence-corrected chi connectivity index (χ0v) is 12.7. The Bertz CT molecular complexity index is 695. The van der Waals surface area contributed by atoms with Gasteiger partial charge in [0, 0.05) is 18.6 Å². The Labute approximate surface area is 128 Å². The van der Waals surface area contributed by atoms with E-state index in [4.69, 9.17) is 9.47 Å². The zero-order valence-electron chi connectivity index (χ0n) is 12.7. The van der Waals surface area contributed by atoms with Gasteiger partial charge in [-0.25, -0.2) is 4.79 Å². The average Bonchev–Trinajstić information content (AvgIpc) is 2.54. The molecule has 0 radical (unpaired) electrons. The molecule has 0 aliphatic heterocycles. The maximum Gasteiger partial charge on any atom is 0.341 e. The molecule has 0 aliphatic carbocycles. The summed E-state index contributed by atoms with van der Waals surface area (Å²) >= 11 is 0. The highest BCUT2D eigenvalue weighted by atomic mass is 16.5. The number of benzene rings is 2. The van der Waals surface area contributed by atoms with Gasteiger partial charge in [0.2, 0.25) is 5.91 Å². The molecule has 0 spiro atoms. The Morgan fingerprint density at radius 2 is 1.73 bits per heavy atom. The van der Waals surface area contributed by atoms with Crippen LogP contribution in [0.25, 0.3) is 11.1 Å². The fourth-order valence-corrected chi connectivity index (χ4v) is 2.17. The van der Waals surface area contributed by atoms with Crippen molar-refractivity contribution in [1.82, 2.24) is 0 Å². The van der Waals surface area contributed by atoms with Gasteiger partial charge >= 0.3 is 5.97 Å². The number of rotatable bonds is 4. The first-order valence-electron chi connectivity index (χ1n) is 6.70. The van der Waals surface area contributed by atoms with Crippen molar-refractivity contribution in [2.24, 2.45) is 0 Å². The van der Waals surface area contributed by atoms with E-state index in [-0.39, 0.29) is 5.91 Å². The van der Waals surface area contributed by atoms with E-state index in [0.717, 1.165) is 11.1 Å². The van der Waals surface area contributed by atoms with Gasteiger partial charge in [-0.3, -0.25) is 4.79 Å². The second-order valence-electron chi connectivity index (χ2n) is 4.64. The number of anilines is 1. The summed E-state index contributed by atoms with van der Waals surface area (Å²) < 4.78 is 10.0. The molecule has 2 aromatic rings. The van der Waals surface area contributed by atoms with E-state index in [1.807, 2.05) is 30.3 Å². The van der Waals surface area contributed by atoms with Crippen LogP contribution in [0.1, 0.15) is 17.3 Å². The highest BCUT2D eigenvalue weighted by Crippen LogP contribution is 2.35. The summed E-state index contributed by atoms with van der Waals surface area (Å²) in [5, 5.41) is 2.76. The number of ether oxygens (including phenoxy) is 2. The molecule has 0 aliphatic rings. The van der Waals surface area contributed by atoms with E-state index in [1.165, 1.54) is 21.1 Å². The quantitative estimate of drug-likeness (QED) is 0.881. The SMILES string of the molecule is COC(=O)c1cc(-c2ccccc2)c(NC(C)=O)cc1OC. The normalized spacial score (nSPS) is 9.95. The van der Waals surface area contributed by atoms with E-state index in [2.05, 4.69) is 5.32 Å². The minimum atomic E-state index is -0.497. The lowest BCUT2D eigenvalue weighted by molar-refractivity contribution is -0.114. The van der Waals surface area contributed by atoms with Crippen molar-refractivity contribution in [2.45, 2.75) is 6.92 Å². The molecule has 2 rings (SSSR count). The highest BCUT2D eigenvalue weighted by molar-refractivity contribution is 6.00. The van der Waals surface area contributed by atoms with Gasteiger partial charge in [0.05, 0.1) is 19.9 Å². The second kappa shape index (κ2) is 6.76. The Hall–Kier alpha value is -2.82. The highest BCUT2D eigenvalue weighted by Gasteiger charge is 2.18. The largest absolute Gasteiger partial charge is 0.496 e. The van der Waals surface area contributed by atoms with Gasteiger partial charge in [-0.2, -0.15) is 0 Å². The molecule has 0 atom stereocenters. The van der Waals surface area contributed by atoms with Crippen molar-refractivity contribution < 1.29 is 19.1 Å². The number of nitrogens with one attached hydrogen (secondary N) is 1. The van der Waals surface area contributed by atoms with Gasteiger partial charge in [-0.05, 0) is 11.6 Å². The number of carbonyl (C=O) groups excluding carboxylic acids is 2. The number of hydrogen-bond acceptors (Lipinski definition) is 4. The van der Waals surface area contributed by atoms with E-state index in [1.54, 1.807) is 12.1 Å². The lowest BCUT2D eigenvalue weighted by Crippen LogP contribution is -2.10. The van der Waals surface area contributed by atoms with E-state index in [0.29, 0.717) is 17.0 Å². The molecule has 5 nitrogen and oxygen atoms in total. The molecule has 1 N–H and O–H groups in total. The van der Waals surface area contributed by atoms with Crippen molar-refractivity contribution in [3.8, 4) is 16.9 Å². The molecule has 0 saturated heterocycles. The Kier molecular flexibility index (Phi) is 4.78. The predicted octanol–water partition coefficient (Wildman–Crippen LogP) is 3.11. The van der Waals surface area contributed by atoms with Crippen molar-refractivity contribution in [3.05, 3.63) is 48.0 Å². The third kappa shape index (κ3) is 3.25. The first-order chi connectivity index (χ1) is 10.6. The van der Waals surface area contributed by atoms with Crippen LogP contribution in [-0.4, -0.2) is 26.1 Å². The third-order valence-electron chi connectivity index (χ3n) is 3.14. The minimum absolute atomic E-state index is 0.204. The van der Waals surface area contributed by atoms with Gasteiger partial charge in [-0.1, -0.05) is 30.3 Å². The number of methoxy groups -OCH3 is 2. The molecule has 1 amide bonds. The summed E-state index contributed by atoms with van der Waals surface area (Å²) in [6.07, 6.45) is 0. The van der Waals surface area contributed by atoms with Crippen LogP contribution in [0.4, 0.5) is 5.69 Å². The summed E-state index contributed by atoms with van der Waals surface area (Å²) in [7, 11) is 2.77. The maximum atomic E-state index is 11.9. The molecule has 5 heteroatoms. The zero-order chi connectivity index (χ0) is 16.1. The Balaban J connectivity index is 2.66. The lowest BCUT2D eigenvalue weighted by atomic mass is 10.00. The van der Waals surface area contributed by atoms with Gasteiger partial charge in [0.15, 0.2) is 0 Å². The van der Waals surface area contributed by atoms with Crippen LogP contribution in [0, 0.1) is 0 Å². The summed E-state index contributed by atoms with van der Waals surface area (Å²) in [4.78, 5) is 23.3. The van der Waals surface area contributed by atoms with Crippen molar-refractivity contribution in [1.29, 1.82) is 0 Å². The fourth-order valence-electron chi connectivity index (χ4n) is 2.17. The molecule has 0 bridgehead atoms. The lowest BCUT2D eigenvalue weighted by Gasteiger charge is -2.15. The Morgan fingerprint density at radius 3 is 2.27 bits per heavy atom. The van der Waals surface area contributed by atoms with Gasteiger partial charge < -0.3 is 14.8 Å². The Morgan fingerprint density at radius 1 is 1.05 bits per heavy atom. The summed E-state index contributed by atoms with van der Waals surface area (Å²) in [5.41, 5.74) is 2.47. The van der Waals surface area contributed by atoms with Crippen LogP contribution in [0.3, 0.4) is 0 Å². The van der Waals surface area contributed by atoms with Crippen LogP contribution in [0.2, 0.25) is 0 Å². The van der Waals surface area contributed by atoms with Crippen molar-refractivity contribution in [2.75, 3.05) is 19.5 Å². The predicted molar refractivity (Wildman–Crippen MR) is 84.1 cm³/mol. The van der Waals surface area contributed by atoms with Crippen LogP contribution in [0.15, 0.2) is 42.5 Å². The standard InChI is InChI=1S/C17H17NO4/c1-11(19)18-15-10-16(21-2)14(17(20)22-3)9-13(15)12-7-5-4-6-8-12/h4-10H,1-3H3,(H,18,19). The molecule has 114 valence electrons. The molecule has 0 aromatic heterocycles. The van der Waals surface area contributed by atoms with E-state index in [9.17, 15) is 9.59 Å². The molecular weight excluding hydrogens is 282 g/mol. The van der Waals surface area contributed by atoms with Crippen molar-refractivity contribution in [3.63, 3.8) is 0 Å². The molecule has 0 fully saturated rings. The smallest absolute Gasteiger partial charge is 0.341 e. The van der Waals surface area contributed by atoms with E-state index >= 15 is 0 Å². The summed E-state index contributed by atoms with van der Waals surface area (Å²) in [6, 6.07) is 12.7. The first-order valence-corrected chi connectivity index (χ1v) is 6.70. The molecule has 0 heterocycles. The number of carbonyl (C=O) groups is 2. The van der Waals surface area contributed by atoms with Gasteiger partial charge in [0.25, 0.3) is 0 Å². The molecular formula is C17H17NO4. The first kappa shape index (κ1) is 15.6. The summed E-state index contributed by atoms with van der Waals surface area (Å²) in [5.74, 6) is -0.358. The monoisotopic (exact) mass is 299 g/mol. The van der Waals surface area contributed by atoms with E-state index < -0.39 is 5.97 Å². The molecule has 22 heavy (non-hydrogen) atoms. The molecule has 0 unspecified atom stereocenters. The van der Waals surface area contributed by atoms with Crippen molar-refractivity contribution >= 4 is 17.6 Å². The summed E-state index contributed by atoms with van der Waals surface area (Å²) in [6.45, 7) is 1.43.